The minimum absolute atomic E-state index is 0.0810. The molecule has 0 rings (SSSR count). The van der Waals surface area contributed by atoms with Crippen LogP contribution >= 0.6 is 0 Å². The first-order valence-electron chi connectivity index (χ1n) is 8.07. The summed E-state index contributed by atoms with van der Waals surface area (Å²) in [5, 5.41) is 0. The van der Waals surface area contributed by atoms with E-state index in [-0.39, 0.29) is 25.4 Å². The van der Waals surface area contributed by atoms with Gasteiger partial charge in [-0.3, -0.25) is 14.4 Å². The number of hydrogen-bond donors (Lipinski definition) is 0. The third-order valence-corrected chi connectivity index (χ3v) is 2.98. The lowest BCUT2D eigenvalue weighted by atomic mass is 9.81. The van der Waals surface area contributed by atoms with Gasteiger partial charge in [-0.2, -0.15) is 0 Å². The van der Waals surface area contributed by atoms with Crippen LogP contribution in [0.25, 0.3) is 0 Å². The Labute approximate surface area is 147 Å². The molecule has 0 bridgehead atoms. The average molecular weight is 358 g/mol. The lowest BCUT2D eigenvalue weighted by Gasteiger charge is -2.27. The highest BCUT2D eigenvalue weighted by Crippen LogP contribution is 2.32. The second-order valence-corrected chi connectivity index (χ2v) is 5.30. The molecular formula is C17H26O8. The highest BCUT2D eigenvalue weighted by atomic mass is 16.6. The summed E-state index contributed by atoms with van der Waals surface area (Å²) < 4.78 is 19.6. The number of hydrogen-bond acceptors (Lipinski definition) is 8. The predicted molar refractivity (Wildman–Crippen MR) is 87.3 cm³/mol. The van der Waals surface area contributed by atoms with Crippen LogP contribution in [0.4, 0.5) is 0 Å². The van der Waals surface area contributed by atoms with Crippen LogP contribution in [-0.4, -0.2) is 49.8 Å². The average Bonchev–Trinajstić information content (AvgIpc) is 2.52. The second-order valence-electron chi connectivity index (χ2n) is 5.30. The van der Waals surface area contributed by atoms with E-state index >= 15 is 0 Å². The Morgan fingerprint density at radius 1 is 0.840 bits per heavy atom. The third kappa shape index (κ3) is 5.88. The maximum absolute atomic E-state index is 12.5. The molecule has 8 heteroatoms. The normalized spacial score (nSPS) is 10.8. The Morgan fingerprint density at radius 2 is 1.20 bits per heavy atom. The van der Waals surface area contributed by atoms with Crippen molar-refractivity contribution in [1.82, 2.24) is 0 Å². The summed E-state index contributed by atoms with van der Waals surface area (Å²) in [6.07, 6.45) is -1.10. The van der Waals surface area contributed by atoms with Crippen molar-refractivity contribution in [2.75, 3.05) is 19.8 Å². The first-order chi connectivity index (χ1) is 11.7. The standard InChI is InChI=1S/C17H26O8/c1-7-22-14(19)17(15(20)23-8-2,16(21)24-9-3)10-12(6)13(18)25-11(4)5/h11H,6-10H2,1-5H3. The Balaban J connectivity index is 5.93. The quantitative estimate of drug-likeness (QED) is 0.251. The van der Waals surface area contributed by atoms with Gasteiger partial charge in [-0.15, -0.1) is 0 Å². The predicted octanol–water partition coefficient (Wildman–Crippen LogP) is 1.56. The maximum Gasteiger partial charge on any atom is 0.335 e. The van der Waals surface area contributed by atoms with E-state index in [1.165, 1.54) is 20.8 Å². The van der Waals surface area contributed by atoms with Gasteiger partial charge in [0.2, 0.25) is 0 Å². The van der Waals surface area contributed by atoms with Gasteiger partial charge < -0.3 is 18.9 Å². The molecule has 0 aliphatic heterocycles. The molecule has 0 amide bonds. The number of carbonyl (C=O) groups excluding carboxylic acids is 4. The third-order valence-electron chi connectivity index (χ3n) is 2.98. The minimum atomic E-state index is -2.46. The fourth-order valence-corrected chi connectivity index (χ4v) is 1.92. The number of esters is 4. The summed E-state index contributed by atoms with van der Waals surface area (Å²) in [7, 11) is 0. The van der Waals surface area contributed by atoms with Gasteiger partial charge in [0, 0.05) is 12.0 Å². The Morgan fingerprint density at radius 3 is 1.48 bits per heavy atom. The van der Waals surface area contributed by atoms with Gasteiger partial charge in [0.05, 0.1) is 25.9 Å². The zero-order chi connectivity index (χ0) is 19.6. The van der Waals surface area contributed by atoms with Crippen LogP contribution in [0.5, 0.6) is 0 Å². The lowest BCUT2D eigenvalue weighted by Crippen LogP contribution is -2.50. The van der Waals surface area contributed by atoms with Crippen molar-refractivity contribution in [3.63, 3.8) is 0 Å². The molecule has 0 saturated carbocycles. The van der Waals surface area contributed by atoms with E-state index in [0.29, 0.717) is 0 Å². The molecule has 0 aromatic rings. The Bertz CT molecular complexity index is 475. The SMILES string of the molecule is C=C(CC(C(=O)OCC)(C(=O)OCC)C(=O)OCC)C(=O)OC(C)C. The molecule has 8 nitrogen and oxygen atoms in total. The highest BCUT2D eigenvalue weighted by molar-refractivity contribution is 6.18. The van der Waals surface area contributed by atoms with Crippen molar-refractivity contribution >= 4 is 23.9 Å². The molecule has 0 heterocycles. The van der Waals surface area contributed by atoms with Crippen LogP contribution in [0.1, 0.15) is 41.0 Å². The van der Waals surface area contributed by atoms with Crippen molar-refractivity contribution in [2.24, 2.45) is 5.41 Å². The highest BCUT2D eigenvalue weighted by Gasteiger charge is 2.58. The molecular weight excluding hydrogens is 332 g/mol. The van der Waals surface area contributed by atoms with E-state index in [0.717, 1.165) is 0 Å². The zero-order valence-electron chi connectivity index (χ0n) is 15.4. The molecule has 0 spiro atoms. The summed E-state index contributed by atoms with van der Waals surface area (Å²) in [5.74, 6) is -4.32. The molecule has 0 aromatic heterocycles. The summed E-state index contributed by atoms with van der Waals surface area (Å²) in [6, 6.07) is 0. The van der Waals surface area contributed by atoms with Gasteiger partial charge >= 0.3 is 23.9 Å². The van der Waals surface area contributed by atoms with Crippen LogP contribution in [0.3, 0.4) is 0 Å². The van der Waals surface area contributed by atoms with Crippen molar-refractivity contribution in [3.05, 3.63) is 12.2 Å². The molecule has 0 atom stereocenters. The van der Waals surface area contributed by atoms with Gasteiger partial charge in [0.25, 0.3) is 5.41 Å². The largest absolute Gasteiger partial charge is 0.465 e. The number of rotatable bonds is 10. The molecule has 142 valence electrons. The van der Waals surface area contributed by atoms with Gasteiger partial charge in [0.15, 0.2) is 0 Å². The zero-order valence-corrected chi connectivity index (χ0v) is 15.4. The fourth-order valence-electron chi connectivity index (χ4n) is 1.92. The van der Waals surface area contributed by atoms with Crippen LogP contribution in [0.15, 0.2) is 12.2 Å². The van der Waals surface area contributed by atoms with Gasteiger partial charge in [-0.1, -0.05) is 6.58 Å². The van der Waals surface area contributed by atoms with E-state index in [1.807, 2.05) is 0 Å². The summed E-state index contributed by atoms with van der Waals surface area (Å²) >= 11 is 0. The summed E-state index contributed by atoms with van der Waals surface area (Å²) in [4.78, 5) is 49.4. The van der Waals surface area contributed by atoms with Crippen LogP contribution in [0, 0.1) is 5.41 Å². The van der Waals surface area contributed by atoms with Crippen molar-refractivity contribution < 1.29 is 38.1 Å². The monoisotopic (exact) mass is 358 g/mol. The van der Waals surface area contributed by atoms with Crippen molar-refractivity contribution in [1.29, 1.82) is 0 Å². The van der Waals surface area contributed by atoms with E-state index in [1.54, 1.807) is 13.8 Å². The molecule has 0 fully saturated rings. The number of ether oxygens (including phenoxy) is 4. The van der Waals surface area contributed by atoms with E-state index in [2.05, 4.69) is 6.58 Å². The molecule has 25 heavy (non-hydrogen) atoms. The van der Waals surface area contributed by atoms with E-state index in [9.17, 15) is 19.2 Å². The Hall–Kier alpha value is -2.38. The molecule has 0 radical (unpaired) electrons. The smallest absolute Gasteiger partial charge is 0.335 e. The molecule has 0 saturated heterocycles. The first kappa shape index (κ1) is 22.6. The maximum atomic E-state index is 12.5. The molecule has 0 unspecified atom stereocenters. The van der Waals surface area contributed by atoms with Gasteiger partial charge in [0.1, 0.15) is 0 Å². The molecule has 0 aliphatic carbocycles. The Kier molecular flexibility index (Phi) is 9.48. The van der Waals surface area contributed by atoms with Crippen molar-refractivity contribution in [3.8, 4) is 0 Å². The lowest BCUT2D eigenvalue weighted by molar-refractivity contribution is -0.183. The molecule has 0 aromatic carbocycles. The van der Waals surface area contributed by atoms with E-state index in [4.69, 9.17) is 18.9 Å². The van der Waals surface area contributed by atoms with Gasteiger partial charge in [-0.05, 0) is 34.6 Å². The van der Waals surface area contributed by atoms with E-state index < -0.39 is 41.8 Å². The van der Waals surface area contributed by atoms with Crippen molar-refractivity contribution in [2.45, 2.75) is 47.1 Å². The van der Waals surface area contributed by atoms with Crippen LogP contribution in [0.2, 0.25) is 0 Å². The van der Waals surface area contributed by atoms with Crippen LogP contribution in [-0.2, 0) is 38.1 Å². The summed E-state index contributed by atoms with van der Waals surface area (Å²) in [5.41, 5.74) is -2.71. The van der Waals surface area contributed by atoms with Crippen LogP contribution < -0.4 is 0 Å². The molecule has 0 N–H and O–H groups in total. The summed E-state index contributed by atoms with van der Waals surface area (Å²) in [6.45, 7) is 11.1. The minimum Gasteiger partial charge on any atom is -0.465 e. The fraction of sp³-hybridized carbons (Fsp3) is 0.647. The molecule has 0 aliphatic rings. The first-order valence-corrected chi connectivity index (χ1v) is 8.07. The van der Waals surface area contributed by atoms with Gasteiger partial charge in [-0.25, -0.2) is 4.79 Å². The number of carbonyl (C=O) groups is 4. The second kappa shape index (κ2) is 10.5. The topological polar surface area (TPSA) is 105 Å².